The number of nitrogens with one attached hydrogen (secondary N) is 2. The number of morpholine rings is 1. The van der Waals surface area contributed by atoms with E-state index in [4.69, 9.17) is 4.74 Å². The van der Waals surface area contributed by atoms with Crippen molar-refractivity contribution in [1.29, 1.82) is 0 Å². The number of hydrogen-bond donors (Lipinski definition) is 2. The Labute approximate surface area is 171 Å². The van der Waals surface area contributed by atoms with Crippen LogP contribution >= 0.6 is 24.0 Å². The molecule has 1 aliphatic rings. The number of hydrogen-bond acceptors (Lipinski definition) is 4. The van der Waals surface area contributed by atoms with E-state index in [0.29, 0.717) is 38.1 Å². The fourth-order valence-electron chi connectivity index (χ4n) is 2.64. The van der Waals surface area contributed by atoms with Crippen molar-refractivity contribution < 1.29 is 17.9 Å². The summed E-state index contributed by atoms with van der Waals surface area (Å²) in [6, 6.07) is 0.331. The van der Waals surface area contributed by atoms with Gasteiger partial charge in [0.15, 0.2) is 5.96 Å². The fourth-order valence-corrected chi connectivity index (χ4v) is 2.64. The minimum atomic E-state index is -4.14. The van der Waals surface area contributed by atoms with Crippen LogP contribution in [0.25, 0.3) is 0 Å². The molecular weight excluding hydrogens is 462 g/mol. The highest BCUT2D eigenvalue weighted by Crippen LogP contribution is 2.15. The molecule has 0 amide bonds. The van der Waals surface area contributed by atoms with Gasteiger partial charge in [0.1, 0.15) is 0 Å². The van der Waals surface area contributed by atoms with E-state index >= 15 is 0 Å². The van der Waals surface area contributed by atoms with Gasteiger partial charge >= 0.3 is 6.18 Å². The Balaban J connectivity index is 0.00000625. The van der Waals surface area contributed by atoms with E-state index in [9.17, 15) is 13.2 Å². The van der Waals surface area contributed by atoms with Gasteiger partial charge in [-0.2, -0.15) is 13.2 Å². The Morgan fingerprint density at radius 1 is 1.27 bits per heavy atom. The number of aliphatic imine (C=N–C) groups is 1. The van der Waals surface area contributed by atoms with Gasteiger partial charge in [-0.15, -0.1) is 24.0 Å². The summed E-state index contributed by atoms with van der Waals surface area (Å²) in [7, 11) is 1.48. The van der Waals surface area contributed by atoms with Crippen LogP contribution in [0, 0.1) is 0 Å². The molecule has 1 fully saturated rings. The molecule has 0 aliphatic carbocycles. The van der Waals surface area contributed by atoms with Crippen molar-refractivity contribution in [3.8, 4) is 0 Å². The van der Waals surface area contributed by atoms with Crippen molar-refractivity contribution in [2.75, 3.05) is 66.1 Å². The molecule has 1 rings (SSSR count). The maximum Gasteiger partial charge on any atom is 0.401 e. The summed E-state index contributed by atoms with van der Waals surface area (Å²) in [6.45, 7) is 9.00. The molecule has 0 aromatic carbocycles. The van der Waals surface area contributed by atoms with Gasteiger partial charge in [0.2, 0.25) is 0 Å². The minimum Gasteiger partial charge on any atom is -0.379 e. The molecule has 1 heterocycles. The topological polar surface area (TPSA) is 52.1 Å². The zero-order chi connectivity index (χ0) is 18.7. The van der Waals surface area contributed by atoms with Gasteiger partial charge in [-0.3, -0.25) is 14.8 Å². The lowest BCUT2D eigenvalue weighted by molar-refractivity contribution is -0.143. The SMILES string of the molecule is CCNC(=NCC(C)N1CCOCC1)NCCCN(C)CC(F)(F)F.I. The maximum absolute atomic E-state index is 12.3. The fraction of sp³-hybridized carbons (Fsp3) is 0.938. The first-order chi connectivity index (χ1) is 11.8. The normalized spacial score (nSPS) is 17.7. The highest BCUT2D eigenvalue weighted by atomic mass is 127. The predicted octanol–water partition coefficient (Wildman–Crippen LogP) is 1.76. The summed E-state index contributed by atoms with van der Waals surface area (Å²) < 4.78 is 42.2. The molecule has 0 radical (unpaired) electrons. The molecule has 1 unspecified atom stereocenters. The van der Waals surface area contributed by atoms with Crippen LogP contribution < -0.4 is 10.6 Å². The largest absolute Gasteiger partial charge is 0.401 e. The van der Waals surface area contributed by atoms with Gasteiger partial charge in [0.25, 0.3) is 0 Å². The number of nitrogens with zero attached hydrogens (tertiary/aromatic N) is 3. The van der Waals surface area contributed by atoms with Gasteiger partial charge in [0.05, 0.1) is 26.3 Å². The van der Waals surface area contributed by atoms with Crippen LogP contribution in [0.1, 0.15) is 20.3 Å². The van der Waals surface area contributed by atoms with Gasteiger partial charge < -0.3 is 15.4 Å². The third-order valence-corrected chi connectivity index (χ3v) is 3.99. The zero-order valence-electron chi connectivity index (χ0n) is 15.9. The number of ether oxygens (including phenoxy) is 1. The van der Waals surface area contributed by atoms with Crippen LogP contribution in [-0.2, 0) is 4.74 Å². The quantitative estimate of drug-likeness (QED) is 0.221. The molecular formula is C16H33F3IN5O. The molecule has 156 valence electrons. The summed E-state index contributed by atoms with van der Waals surface area (Å²) in [4.78, 5) is 8.22. The smallest absolute Gasteiger partial charge is 0.379 e. The van der Waals surface area contributed by atoms with E-state index in [2.05, 4.69) is 27.4 Å². The van der Waals surface area contributed by atoms with Crippen LogP contribution in [0.2, 0.25) is 0 Å². The number of alkyl halides is 3. The van der Waals surface area contributed by atoms with E-state index in [1.807, 2.05) is 6.92 Å². The first-order valence-corrected chi connectivity index (χ1v) is 8.91. The van der Waals surface area contributed by atoms with Gasteiger partial charge in [-0.05, 0) is 33.9 Å². The summed E-state index contributed by atoms with van der Waals surface area (Å²) in [6.07, 6.45) is -3.52. The van der Waals surface area contributed by atoms with Gasteiger partial charge in [-0.1, -0.05) is 0 Å². The van der Waals surface area contributed by atoms with Crippen molar-refractivity contribution in [2.45, 2.75) is 32.5 Å². The van der Waals surface area contributed by atoms with E-state index in [0.717, 1.165) is 32.8 Å². The molecule has 0 bridgehead atoms. The second-order valence-corrected chi connectivity index (χ2v) is 6.35. The first-order valence-electron chi connectivity index (χ1n) is 8.91. The monoisotopic (exact) mass is 495 g/mol. The minimum absolute atomic E-state index is 0. The molecule has 6 nitrogen and oxygen atoms in total. The Kier molecular flexibility index (Phi) is 13.6. The molecule has 1 aliphatic heterocycles. The molecule has 1 atom stereocenters. The lowest BCUT2D eigenvalue weighted by Gasteiger charge is -2.31. The summed E-state index contributed by atoms with van der Waals surface area (Å²) >= 11 is 0. The third kappa shape index (κ3) is 12.1. The Hall–Kier alpha value is -0.330. The van der Waals surface area contributed by atoms with Crippen LogP contribution in [-0.4, -0.2) is 94.1 Å². The highest BCUT2D eigenvalue weighted by Gasteiger charge is 2.28. The van der Waals surface area contributed by atoms with Crippen molar-refractivity contribution in [1.82, 2.24) is 20.4 Å². The molecule has 26 heavy (non-hydrogen) atoms. The van der Waals surface area contributed by atoms with Crippen LogP contribution in [0.5, 0.6) is 0 Å². The molecule has 1 saturated heterocycles. The van der Waals surface area contributed by atoms with E-state index in [1.54, 1.807) is 0 Å². The van der Waals surface area contributed by atoms with Gasteiger partial charge in [0, 0.05) is 32.2 Å². The predicted molar refractivity (Wildman–Crippen MR) is 109 cm³/mol. The number of rotatable bonds is 9. The second-order valence-electron chi connectivity index (χ2n) is 6.35. The van der Waals surface area contributed by atoms with E-state index in [1.165, 1.54) is 11.9 Å². The van der Waals surface area contributed by atoms with Crippen molar-refractivity contribution >= 4 is 29.9 Å². The van der Waals surface area contributed by atoms with Crippen LogP contribution in [0.15, 0.2) is 4.99 Å². The van der Waals surface area contributed by atoms with E-state index in [-0.39, 0.29) is 24.0 Å². The standard InChI is InChI=1S/C16H32F3N5O.HI/c1-4-20-15(21-6-5-7-23(3)13-16(17,18)19)22-12-14(2)24-8-10-25-11-9-24;/h14H,4-13H2,1-3H3,(H2,20,21,22);1H. The zero-order valence-corrected chi connectivity index (χ0v) is 18.3. The Bertz CT molecular complexity index is 393. The Morgan fingerprint density at radius 2 is 1.92 bits per heavy atom. The molecule has 0 spiro atoms. The molecule has 10 heteroatoms. The lowest BCUT2D eigenvalue weighted by atomic mass is 10.2. The molecule has 0 aromatic heterocycles. The number of guanidine groups is 1. The highest BCUT2D eigenvalue weighted by molar-refractivity contribution is 14.0. The summed E-state index contributed by atoms with van der Waals surface area (Å²) in [5.74, 6) is 0.709. The average Bonchev–Trinajstić information content (AvgIpc) is 2.55. The molecule has 0 saturated carbocycles. The lowest BCUT2D eigenvalue weighted by Crippen LogP contribution is -2.44. The van der Waals surface area contributed by atoms with Crippen molar-refractivity contribution in [3.05, 3.63) is 0 Å². The molecule has 2 N–H and O–H groups in total. The van der Waals surface area contributed by atoms with Crippen molar-refractivity contribution in [3.63, 3.8) is 0 Å². The maximum atomic E-state index is 12.3. The summed E-state index contributed by atoms with van der Waals surface area (Å²) in [5, 5.41) is 6.35. The van der Waals surface area contributed by atoms with Crippen molar-refractivity contribution in [2.24, 2.45) is 4.99 Å². The average molecular weight is 495 g/mol. The first kappa shape index (κ1) is 25.7. The molecule has 0 aromatic rings. The van der Waals surface area contributed by atoms with E-state index < -0.39 is 12.7 Å². The second kappa shape index (κ2) is 13.8. The summed E-state index contributed by atoms with van der Waals surface area (Å²) in [5.41, 5.74) is 0. The Morgan fingerprint density at radius 3 is 2.50 bits per heavy atom. The van der Waals surface area contributed by atoms with Crippen LogP contribution in [0.3, 0.4) is 0 Å². The van der Waals surface area contributed by atoms with Gasteiger partial charge in [-0.25, -0.2) is 0 Å². The number of halogens is 4. The third-order valence-electron chi connectivity index (χ3n) is 3.99. The van der Waals surface area contributed by atoms with Crippen LogP contribution in [0.4, 0.5) is 13.2 Å².